The molecule has 0 spiro atoms. The Hall–Kier alpha value is -1.29. The summed E-state index contributed by atoms with van der Waals surface area (Å²) >= 11 is 3.45. The van der Waals surface area contributed by atoms with E-state index in [9.17, 15) is 4.79 Å². The standard InChI is InChI=1S/C19H25BrN2O/c1-18(2)10-16-11-19(3,12-18)13-22(16)17(23)21-8-7-14-5-4-6-15(20)9-14/h4-9,16H,10-13H2,1-3H3,(H,21,23)/b8-7+. The Balaban J connectivity index is 1.63. The fourth-order valence-electron chi connectivity index (χ4n) is 4.60. The largest absolute Gasteiger partial charge is 0.321 e. The third-order valence-electron chi connectivity index (χ3n) is 5.01. The van der Waals surface area contributed by atoms with Crippen LogP contribution in [-0.2, 0) is 0 Å². The van der Waals surface area contributed by atoms with Crippen LogP contribution in [0.1, 0.15) is 45.6 Å². The van der Waals surface area contributed by atoms with Crippen LogP contribution in [0.2, 0.25) is 0 Å². The van der Waals surface area contributed by atoms with Crippen LogP contribution in [0.25, 0.3) is 6.08 Å². The first-order valence-electron chi connectivity index (χ1n) is 8.26. The Morgan fingerprint density at radius 2 is 2.13 bits per heavy atom. The SMILES string of the molecule is CC1(C)CC2CC(C)(CN2C(=O)N/C=C/c2cccc(Br)c2)C1. The molecular formula is C19H25BrN2O. The van der Waals surface area contributed by atoms with Crippen molar-refractivity contribution in [3.8, 4) is 0 Å². The van der Waals surface area contributed by atoms with E-state index in [4.69, 9.17) is 0 Å². The zero-order chi connectivity index (χ0) is 16.7. The maximum atomic E-state index is 12.6. The summed E-state index contributed by atoms with van der Waals surface area (Å²) in [4.78, 5) is 14.6. The average molecular weight is 377 g/mol. The minimum atomic E-state index is 0.0303. The second-order valence-electron chi connectivity index (χ2n) is 8.18. The Morgan fingerprint density at radius 3 is 2.87 bits per heavy atom. The van der Waals surface area contributed by atoms with Gasteiger partial charge in [0.2, 0.25) is 0 Å². The molecule has 2 unspecified atom stereocenters. The molecule has 2 amide bonds. The molecule has 2 atom stereocenters. The van der Waals surface area contributed by atoms with Crippen molar-refractivity contribution < 1.29 is 4.79 Å². The molecule has 2 aliphatic rings. The molecule has 1 N–H and O–H groups in total. The summed E-state index contributed by atoms with van der Waals surface area (Å²) < 4.78 is 1.04. The number of hydrogen-bond acceptors (Lipinski definition) is 1. The molecule has 2 bridgehead atoms. The van der Waals surface area contributed by atoms with Gasteiger partial charge >= 0.3 is 6.03 Å². The Labute approximate surface area is 147 Å². The van der Waals surface area contributed by atoms with Crippen LogP contribution in [0, 0.1) is 10.8 Å². The second-order valence-corrected chi connectivity index (χ2v) is 9.10. The average Bonchev–Trinajstić information content (AvgIpc) is 2.68. The van der Waals surface area contributed by atoms with Crippen molar-refractivity contribution in [2.75, 3.05) is 6.54 Å². The summed E-state index contributed by atoms with van der Waals surface area (Å²) in [5, 5.41) is 2.94. The summed E-state index contributed by atoms with van der Waals surface area (Å²) in [5.41, 5.74) is 1.67. The Bertz CT molecular complexity index is 640. The van der Waals surface area contributed by atoms with Crippen molar-refractivity contribution in [3.05, 3.63) is 40.5 Å². The molecule has 1 aliphatic carbocycles. The molecular weight excluding hydrogens is 352 g/mol. The van der Waals surface area contributed by atoms with Gasteiger partial charge in [0.15, 0.2) is 0 Å². The fraction of sp³-hybridized carbons (Fsp3) is 0.526. The number of urea groups is 1. The molecule has 1 aromatic carbocycles. The van der Waals surface area contributed by atoms with Gasteiger partial charge in [0.25, 0.3) is 0 Å². The van der Waals surface area contributed by atoms with E-state index in [1.807, 2.05) is 35.2 Å². The Kier molecular flexibility index (Phi) is 4.30. The van der Waals surface area contributed by atoms with Crippen LogP contribution in [0.4, 0.5) is 4.79 Å². The van der Waals surface area contributed by atoms with Gasteiger partial charge in [-0.3, -0.25) is 0 Å². The topological polar surface area (TPSA) is 32.3 Å². The first-order chi connectivity index (χ1) is 10.8. The number of amides is 2. The maximum absolute atomic E-state index is 12.6. The molecule has 3 rings (SSSR count). The quantitative estimate of drug-likeness (QED) is 0.770. The van der Waals surface area contributed by atoms with Crippen LogP contribution in [0.15, 0.2) is 34.9 Å². The first kappa shape index (κ1) is 16.6. The number of carbonyl (C=O) groups is 1. The van der Waals surface area contributed by atoms with E-state index in [2.05, 4.69) is 42.0 Å². The maximum Gasteiger partial charge on any atom is 0.321 e. The zero-order valence-corrected chi connectivity index (χ0v) is 15.7. The second kappa shape index (κ2) is 5.97. The molecule has 4 heteroatoms. The summed E-state index contributed by atoms with van der Waals surface area (Å²) in [6, 6.07) is 8.42. The van der Waals surface area contributed by atoms with E-state index in [0.29, 0.717) is 11.5 Å². The lowest BCUT2D eigenvalue weighted by atomic mass is 9.65. The number of benzene rings is 1. The van der Waals surface area contributed by atoms with Gasteiger partial charge in [0.1, 0.15) is 0 Å². The van der Waals surface area contributed by atoms with Gasteiger partial charge in [-0.05, 0) is 53.9 Å². The number of nitrogens with zero attached hydrogens (tertiary/aromatic N) is 1. The van der Waals surface area contributed by atoms with Crippen molar-refractivity contribution in [2.45, 2.75) is 46.1 Å². The molecule has 0 aromatic heterocycles. The highest BCUT2D eigenvalue weighted by atomic mass is 79.9. The highest BCUT2D eigenvalue weighted by Gasteiger charge is 2.50. The molecule has 3 nitrogen and oxygen atoms in total. The summed E-state index contributed by atoms with van der Waals surface area (Å²) in [6.45, 7) is 7.85. The summed E-state index contributed by atoms with van der Waals surface area (Å²) in [7, 11) is 0. The first-order valence-corrected chi connectivity index (χ1v) is 9.05. The molecule has 1 saturated heterocycles. The summed E-state index contributed by atoms with van der Waals surface area (Å²) in [5.74, 6) is 0. The third-order valence-corrected chi connectivity index (χ3v) is 5.50. The van der Waals surface area contributed by atoms with E-state index in [0.717, 1.165) is 29.4 Å². The summed E-state index contributed by atoms with van der Waals surface area (Å²) in [6.07, 6.45) is 7.12. The lowest BCUT2D eigenvalue weighted by Crippen LogP contribution is -2.41. The molecule has 124 valence electrons. The number of hydrogen-bond donors (Lipinski definition) is 1. The predicted octanol–water partition coefficient (Wildman–Crippen LogP) is 5.03. The monoisotopic (exact) mass is 376 g/mol. The van der Waals surface area contributed by atoms with E-state index >= 15 is 0 Å². The van der Waals surface area contributed by atoms with Crippen LogP contribution >= 0.6 is 15.9 Å². The van der Waals surface area contributed by atoms with E-state index in [-0.39, 0.29) is 11.4 Å². The van der Waals surface area contributed by atoms with Gasteiger partial charge in [-0.1, -0.05) is 48.8 Å². The normalized spacial score (nSPS) is 29.0. The molecule has 1 aromatic rings. The van der Waals surface area contributed by atoms with Crippen molar-refractivity contribution >= 4 is 28.0 Å². The number of nitrogens with one attached hydrogen (secondary N) is 1. The molecule has 23 heavy (non-hydrogen) atoms. The third kappa shape index (κ3) is 3.79. The number of rotatable bonds is 2. The van der Waals surface area contributed by atoms with Crippen LogP contribution < -0.4 is 5.32 Å². The van der Waals surface area contributed by atoms with Crippen molar-refractivity contribution in [1.82, 2.24) is 10.2 Å². The van der Waals surface area contributed by atoms with E-state index < -0.39 is 0 Å². The minimum Gasteiger partial charge on any atom is -0.321 e. The molecule has 1 heterocycles. The lowest BCUT2D eigenvalue weighted by Gasteiger charge is -2.39. The molecule has 2 fully saturated rings. The number of likely N-dealkylation sites (tertiary alicyclic amines) is 1. The number of carbonyl (C=O) groups excluding carboxylic acids is 1. The number of fused-ring (bicyclic) bond motifs is 2. The smallest absolute Gasteiger partial charge is 0.321 e. The van der Waals surface area contributed by atoms with Gasteiger partial charge in [-0.15, -0.1) is 0 Å². The van der Waals surface area contributed by atoms with Crippen molar-refractivity contribution in [3.63, 3.8) is 0 Å². The highest BCUT2D eigenvalue weighted by Crippen LogP contribution is 2.52. The molecule has 0 radical (unpaired) electrons. The van der Waals surface area contributed by atoms with Gasteiger partial charge in [-0.25, -0.2) is 4.79 Å². The van der Waals surface area contributed by atoms with E-state index in [1.54, 1.807) is 6.20 Å². The van der Waals surface area contributed by atoms with Crippen molar-refractivity contribution in [1.29, 1.82) is 0 Å². The highest BCUT2D eigenvalue weighted by molar-refractivity contribution is 9.10. The van der Waals surface area contributed by atoms with Gasteiger partial charge in [0.05, 0.1) is 0 Å². The van der Waals surface area contributed by atoms with Crippen LogP contribution in [0.3, 0.4) is 0 Å². The van der Waals surface area contributed by atoms with E-state index in [1.165, 1.54) is 6.42 Å². The van der Waals surface area contributed by atoms with Gasteiger partial charge < -0.3 is 10.2 Å². The Morgan fingerprint density at radius 1 is 1.35 bits per heavy atom. The van der Waals surface area contributed by atoms with Gasteiger partial charge in [-0.2, -0.15) is 0 Å². The fourth-order valence-corrected chi connectivity index (χ4v) is 5.02. The predicted molar refractivity (Wildman–Crippen MR) is 97.9 cm³/mol. The van der Waals surface area contributed by atoms with Crippen LogP contribution in [0.5, 0.6) is 0 Å². The van der Waals surface area contributed by atoms with Gasteiger partial charge in [0, 0.05) is 23.3 Å². The molecule has 1 saturated carbocycles. The lowest BCUT2D eigenvalue weighted by molar-refractivity contribution is 0.129. The minimum absolute atomic E-state index is 0.0303. The molecule has 1 aliphatic heterocycles. The zero-order valence-electron chi connectivity index (χ0n) is 14.1. The number of halogens is 1. The van der Waals surface area contributed by atoms with Crippen LogP contribution in [-0.4, -0.2) is 23.5 Å². The van der Waals surface area contributed by atoms with Crippen molar-refractivity contribution in [2.24, 2.45) is 10.8 Å².